The molecule has 1 aromatic heterocycles. The first-order valence-electron chi connectivity index (χ1n) is 8.36. The lowest BCUT2D eigenvalue weighted by Crippen LogP contribution is -2.17. The van der Waals surface area contributed by atoms with E-state index in [4.69, 9.17) is 0 Å². The molecule has 3 aromatic carbocycles. The van der Waals surface area contributed by atoms with E-state index in [9.17, 15) is 9.90 Å². The van der Waals surface area contributed by atoms with Gasteiger partial charge < -0.3 is 5.11 Å². The van der Waals surface area contributed by atoms with Crippen molar-refractivity contribution in [1.29, 1.82) is 0 Å². The molecule has 6 heteroatoms. The molecule has 0 bridgehead atoms. The molecule has 132 valence electrons. The van der Waals surface area contributed by atoms with E-state index in [0.29, 0.717) is 17.0 Å². The molecule has 3 N–H and O–H groups in total. The molecule has 27 heavy (non-hydrogen) atoms. The second-order valence-electron chi connectivity index (χ2n) is 6.02. The van der Waals surface area contributed by atoms with E-state index in [1.54, 1.807) is 30.3 Å². The van der Waals surface area contributed by atoms with Gasteiger partial charge in [0.1, 0.15) is 11.4 Å². The van der Waals surface area contributed by atoms with Crippen molar-refractivity contribution in [3.05, 3.63) is 84.1 Å². The van der Waals surface area contributed by atoms with Crippen molar-refractivity contribution in [2.75, 3.05) is 0 Å². The van der Waals surface area contributed by atoms with Gasteiger partial charge in [-0.05, 0) is 40.6 Å². The molecular formula is C21H16N4O2. The highest BCUT2D eigenvalue weighted by Gasteiger charge is 2.10. The molecule has 0 fully saturated rings. The summed E-state index contributed by atoms with van der Waals surface area (Å²) in [7, 11) is 0. The van der Waals surface area contributed by atoms with Gasteiger partial charge in [0.15, 0.2) is 0 Å². The Hall–Kier alpha value is -3.93. The number of rotatable bonds is 4. The quantitative estimate of drug-likeness (QED) is 0.385. The monoisotopic (exact) mass is 356 g/mol. The van der Waals surface area contributed by atoms with Crippen molar-refractivity contribution in [2.45, 2.75) is 0 Å². The summed E-state index contributed by atoms with van der Waals surface area (Å²) < 4.78 is 0. The Morgan fingerprint density at radius 2 is 1.85 bits per heavy atom. The molecule has 6 nitrogen and oxygen atoms in total. The molecule has 4 aromatic rings. The van der Waals surface area contributed by atoms with Crippen molar-refractivity contribution in [1.82, 2.24) is 15.6 Å². The fraction of sp³-hybridized carbons (Fsp3) is 0. The van der Waals surface area contributed by atoms with Crippen LogP contribution >= 0.6 is 0 Å². The van der Waals surface area contributed by atoms with E-state index in [0.717, 1.165) is 16.3 Å². The van der Waals surface area contributed by atoms with Gasteiger partial charge in [-0.3, -0.25) is 9.89 Å². The zero-order chi connectivity index (χ0) is 18.6. The highest BCUT2D eigenvalue weighted by Crippen LogP contribution is 2.23. The second-order valence-corrected chi connectivity index (χ2v) is 6.02. The number of nitrogens with zero attached hydrogens (tertiary/aromatic N) is 2. The third-order valence-electron chi connectivity index (χ3n) is 4.12. The molecule has 0 saturated heterocycles. The number of hydrogen-bond acceptors (Lipinski definition) is 4. The van der Waals surface area contributed by atoms with Crippen LogP contribution in [0.15, 0.2) is 77.9 Å². The largest absolute Gasteiger partial charge is 0.508 e. The van der Waals surface area contributed by atoms with Gasteiger partial charge in [-0.2, -0.15) is 10.2 Å². The number of carbonyl (C=O) groups excluding carboxylic acids is 1. The van der Waals surface area contributed by atoms with E-state index in [1.165, 1.54) is 6.21 Å². The van der Waals surface area contributed by atoms with Crippen molar-refractivity contribution in [3.8, 4) is 17.0 Å². The minimum Gasteiger partial charge on any atom is -0.508 e. The number of benzene rings is 3. The Morgan fingerprint density at radius 3 is 2.70 bits per heavy atom. The van der Waals surface area contributed by atoms with Gasteiger partial charge in [0, 0.05) is 5.56 Å². The summed E-state index contributed by atoms with van der Waals surface area (Å²) in [5, 5.41) is 22.5. The smallest absolute Gasteiger partial charge is 0.289 e. The van der Waals surface area contributed by atoms with Crippen molar-refractivity contribution in [2.24, 2.45) is 5.10 Å². The predicted octanol–water partition coefficient (Wildman–Crippen LogP) is 3.70. The van der Waals surface area contributed by atoms with Gasteiger partial charge in [-0.25, -0.2) is 5.43 Å². The Kier molecular flexibility index (Phi) is 4.37. The number of nitrogens with one attached hydrogen (secondary N) is 2. The van der Waals surface area contributed by atoms with Crippen molar-refractivity contribution >= 4 is 22.9 Å². The predicted molar refractivity (Wildman–Crippen MR) is 105 cm³/mol. The Bertz CT molecular complexity index is 1150. The van der Waals surface area contributed by atoms with Gasteiger partial charge in [0.05, 0.1) is 11.9 Å². The fourth-order valence-corrected chi connectivity index (χ4v) is 2.77. The zero-order valence-corrected chi connectivity index (χ0v) is 14.3. The van der Waals surface area contributed by atoms with E-state index in [2.05, 4.69) is 20.7 Å². The van der Waals surface area contributed by atoms with E-state index in [1.807, 2.05) is 42.5 Å². The highest BCUT2D eigenvalue weighted by molar-refractivity contribution is 5.94. The first-order valence-corrected chi connectivity index (χ1v) is 8.36. The third-order valence-corrected chi connectivity index (χ3v) is 4.12. The van der Waals surface area contributed by atoms with Crippen LogP contribution in [0.3, 0.4) is 0 Å². The third kappa shape index (κ3) is 3.69. The Labute approximate surface area is 155 Å². The van der Waals surface area contributed by atoms with Crippen LogP contribution in [0, 0.1) is 0 Å². The Morgan fingerprint density at radius 1 is 1.00 bits per heavy atom. The number of amides is 1. The lowest BCUT2D eigenvalue weighted by molar-refractivity contribution is 0.0950. The molecule has 0 saturated carbocycles. The minimum atomic E-state index is -0.397. The molecule has 0 aliphatic heterocycles. The average molecular weight is 356 g/mol. The number of hydrogen-bond donors (Lipinski definition) is 3. The summed E-state index contributed by atoms with van der Waals surface area (Å²) in [6, 6.07) is 22.4. The molecule has 0 radical (unpaired) electrons. The summed E-state index contributed by atoms with van der Waals surface area (Å²) in [5.74, 6) is -0.259. The van der Waals surface area contributed by atoms with Crippen LogP contribution in [0.2, 0.25) is 0 Å². The van der Waals surface area contributed by atoms with Crippen LogP contribution in [0.4, 0.5) is 0 Å². The molecule has 1 amide bonds. The lowest BCUT2D eigenvalue weighted by atomic mass is 10.1. The fourth-order valence-electron chi connectivity index (χ4n) is 2.77. The van der Waals surface area contributed by atoms with E-state index >= 15 is 0 Å². The van der Waals surface area contributed by atoms with E-state index < -0.39 is 5.91 Å². The SMILES string of the molecule is O=C(N/N=C\c1cccc(O)c1)c1cc(-c2ccc3ccccc3c2)n[nH]1. The van der Waals surface area contributed by atoms with E-state index in [-0.39, 0.29) is 5.75 Å². The molecule has 0 aliphatic carbocycles. The molecular weight excluding hydrogens is 340 g/mol. The van der Waals surface area contributed by atoms with Gasteiger partial charge >= 0.3 is 0 Å². The summed E-state index contributed by atoms with van der Waals surface area (Å²) in [5.41, 5.74) is 5.03. The average Bonchev–Trinajstić information content (AvgIpc) is 3.18. The lowest BCUT2D eigenvalue weighted by Gasteiger charge is -2.00. The number of aromatic amines is 1. The van der Waals surface area contributed by atoms with Gasteiger partial charge in [-0.15, -0.1) is 0 Å². The number of phenols is 1. The van der Waals surface area contributed by atoms with Crippen molar-refractivity contribution < 1.29 is 9.90 Å². The Balaban J connectivity index is 1.48. The molecule has 0 aliphatic rings. The van der Waals surface area contributed by atoms with Crippen molar-refractivity contribution in [3.63, 3.8) is 0 Å². The summed E-state index contributed by atoms with van der Waals surface area (Å²) >= 11 is 0. The standard InChI is InChI=1S/C21H16N4O2/c26-18-7-3-4-14(10-18)13-22-25-21(27)20-12-19(23-24-20)17-9-8-15-5-1-2-6-16(15)11-17/h1-13,26H,(H,23,24)(H,25,27)/b22-13-. The zero-order valence-electron chi connectivity index (χ0n) is 14.3. The minimum absolute atomic E-state index is 0.138. The number of H-pyrrole nitrogens is 1. The molecule has 0 unspecified atom stereocenters. The summed E-state index contributed by atoms with van der Waals surface area (Å²) in [6.45, 7) is 0. The van der Waals surface area contributed by atoms with Crippen LogP contribution in [0.25, 0.3) is 22.0 Å². The topological polar surface area (TPSA) is 90.4 Å². The maximum atomic E-state index is 12.2. The number of carbonyl (C=O) groups is 1. The second kappa shape index (κ2) is 7.13. The van der Waals surface area contributed by atoms with Gasteiger partial charge in [0.25, 0.3) is 5.91 Å². The number of aromatic nitrogens is 2. The number of fused-ring (bicyclic) bond motifs is 1. The van der Waals surface area contributed by atoms with Crippen LogP contribution in [0.1, 0.15) is 16.1 Å². The van der Waals surface area contributed by atoms with Crippen LogP contribution in [0.5, 0.6) is 5.75 Å². The normalized spacial score (nSPS) is 11.1. The molecule has 0 spiro atoms. The first-order chi connectivity index (χ1) is 13.2. The summed E-state index contributed by atoms with van der Waals surface area (Å²) in [4.78, 5) is 12.2. The first kappa shape index (κ1) is 16.5. The number of aromatic hydroxyl groups is 1. The van der Waals surface area contributed by atoms with Crippen LogP contribution in [-0.4, -0.2) is 27.4 Å². The number of hydrazone groups is 1. The molecule has 0 atom stereocenters. The number of phenolic OH excluding ortho intramolecular Hbond substituents is 1. The maximum Gasteiger partial charge on any atom is 0.289 e. The molecule has 4 rings (SSSR count). The van der Waals surface area contributed by atoms with Crippen LogP contribution < -0.4 is 5.43 Å². The van der Waals surface area contributed by atoms with Gasteiger partial charge in [-0.1, -0.05) is 48.5 Å². The maximum absolute atomic E-state index is 12.2. The highest BCUT2D eigenvalue weighted by atomic mass is 16.3. The molecule has 1 heterocycles. The van der Waals surface area contributed by atoms with Gasteiger partial charge in [0.2, 0.25) is 0 Å². The summed E-state index contributed by atoms with van der Waals surface area (Å²) in [6.07, 6.45) is 1.46. The van der Waals surface area contributed by atoms with Crippen LogP contribution in [-0.2, 0) is 0 Å².